The molecule has 126 valence electrons. The molecule has 0 aromatic carbocycles. The minimum atomic E-state index is -0.483. The number of esters is 1. The van der Waals surface area contributed by atoms with Crippen molar-refractivity contribution in [3.05, 3.63) is 28.0 Å². The molecule has 23 heavy (non-hydrogen) atoms. The first-order valence-corrected chi connectivity index (χ1v) is 8.56. The molecule has 0 saturated carbocycles. The summed E-state index contributed by atoms with van der Waals surface area (Å²) in [6.07, 6.45) is 2.49. The number of thiophene rings is 1. The van der Waals surface area contributed by atoms with E-state index in [4.69, 9.17) is 9.47 Å². The molecule has 0 unspecified atom stereocenters. The number of hydrogen-bond acceptors (Lipinski definition) is 5. The van der Waals surface area contributed by atoms with Crippen LogP contribution in [0.15, 0.2) is 18.2 Å². The highest BCUT2D eigenvalue weighted by Crippen LogP contribution is 2.29. The first-order chi connectivity index (χ1) is 10.8. The lowest BCUT2D eigenvalue weighted by Gasteiger charge is -2.29. The summed E-state index contributed by atoms with van der Waals surface area (Å²) in [4.78, 5) is 27.1. The van der Waals surface area contributed by atoms with Gasteiger partial charge in [-0.05, 0) is 51.8 Å². The molecule has 0 fully saturated rings. The van der Waals surface area contributed by atoms with Crippen LogP contribution in [0.3, 0.4) is 0 Å². The Kier molecular flexibility index (Phi) is 5.46. The molecular weight excluding hydrogens is 314 g/mol. The molecule has 5 nitrogen and oxygen atoms in total. The normalized spacial score (nSPS) is 15.1. The molecule has 0 spiro atoms. The van der Waals surface area contributed by atoms with Crippen LogP contribution in [-0.2, 0) is 9.47 Å². The Labute approximate surface area is 140 Å². The Hall–Kier alpha value is -1.82. The second-order valence-corrected chi connectivity index (χ2v) is 7.37. The van der Waals surface area contributed by atoms with Crippen molar-refractivity contribution < 1.29 is 19.1 Å². The first kappa shape index (κ1) is 17.5. The van der Waals surface area contributed by atoms with Crippen molar-refractivity contribution in [1.82, 2.24) is 4.90 Å². The lowest BCUT2D eigenvalue weighted by atomic mass is 10.1. The zero-order chi connectivity index (χ0) is 17.0. The topological polar surface area (TPSA) is 55.8 Å². The van der Waals surface area contributed by atoms with E-state index in [0.29, 0.717) is 24.6 Å². The standard InChI is InChI=1S/C17H23NO4S/c1-5-21-15(19)14-7-6-13(23-14)12-8-10-18(11-9-12)16(20)22-17(2,3)4/h6-8H,5,9-11H2,1-4H3. The van der Waals surface area contributed by atoms with Gasteiger partial charge < -0.3 is 14.4 Å². The Balaban J connectivity index is 1.99. The maximum Gasteiger partial charge on any atom is 0.410 e. The van der Waals surface area contributed by atoms with E-state index in [0.717, 1.165) is 16.9 Å². The summed E-state index contributed by atoms with van der Waals surface area (Å²) in [5.41, 5.74) is 0.675. The first-order valence-electron chi connectivity index (χ1n) is 7.74. The van der Waals surface area contributed by atoms with Gasteiger partial charge in [-0.25, -0.2) is 9.59 Å². The summed E-state index contributed by atoms with van der Waals surface area (Å²) in [5.74, 6) is -0.282. The Morgan fingerprint density at radius 3 is 2.61 bits per heavy atom. The number of ether oxygens (including phenoxy) is 2. The Morgan fingerprint density at radius 2 is 2.04 bits per heavy atom. The van der Waals surface area contributed by atoms with Gasteiger partial charge in [-0.1, -0.05) is 6.08 Å². The van der Waals surface area contributed by atoms with E-state index in [1.165, 1.54) is 11.3 Å². The molecule has 0 bridgehead atoms. The summed E-state index contributed by atoms with van der Waals surface area (Å²) in [6, 6.07) is 3.73. The van der Waals surface area contributed by atoms with Gasteiger partial charge in [0, 0.05) is 18.0 Å². The van der Waals surface area contributed by atoms with E-state index in [9.17, 15) is 9.59 Å². The zero-order valence-corrected chi connectivity index (χ0v) is 14.9. The molecule has 6 heteroatoms. The maximum atomic E-state index is 12.0. The van der Waals surface area contributed by atoms with E-state index < -0.39 is 5.60 Å². The van der Waals surface area contributed by atoms with Crippen LogP contribution in [-0.4, -0.2) is 42.3 Å². The van der Waals surface area contributed by atoms with Crippen molar-refractivity contribution in [1.29, 1.82) is 0 Å². The number of hydrogen-bond donors (Lipinski definition) is 0. The molecule has 0 atom stereocenters. The van der Waals surface area contributed by atoms with Gasteiger partial charge in [0.2, 0.25) is 0 Å². The highest BCUT2D eigenvalue weighted by atomic mass is 32.1. The third-order valence-electron chi connectivity index (χ3n) is 3.26. The molecular formula is C17H23NO4S. The summed E-state index contributed by atoms with van der Waals surface area (Å²) in [7, 11) is 0. The number of amides is 1. The van der Waals surface area contributed by atoms with Gasteiger partial charge in [0.05, 0.1) is 6.61 Å². The van der Waals surface area contributed by atoms with E-state index in [1.54, 1.807) is 17.9 Å². The van der Waals surface area contributed by atoms with E-state index in [1.807, 2.05) is 32.9 Å². The number of rotatable bonds is 3. The van der Waals surface area contributed by atoms with Crippen LogP contribution in [0.4, 0.5) is 4.79 Å². The van der Waals surface area contributed by atoms with Crippen LogP contribution < -0.4 is 0 Å². The molecule has 1 aliphatic rings. The monoisotopic (exact) mass is 337 g/mol. The minimum absolute atomic E-state index is 0.282. The van der Waals surface area contributed by atoms with Crippen LogP contribution >= 0.6 is 11.3 Å². The minimum Gasteiger partial charge on any atom is -0.462 e. The van der Waals surface area contributed by atoms with Crippen LogP contribution in [0, 0.1) is 0 Å². The van der Waals surface area contributed by atoms with Crippen molar-refractivity contribution in [2.75, 3.05) is 19.7 Å². The van der Waals surface area contributed by atoms with Crippen molar-refractivity contribution in [2.24, 2.45) is 0 Å². The van der Waals surface area contributed by atoms with Gasteiger partial charge in [0.1, 0.15) is 10.5 Å². The van der Waals surface area contributed by atoms with Gasteiger partial charge in [-0.2, -0.15) is 0 Å². The molecule has 0 radical (unpaired) electrons. The van der Waals surface area contributed by atoms with Crippen LogP contribution in [0.2, 0.25) is 0 Å². The molecule has 2 heterocycles. The highest BCUT2D eigenvalue weighted by molar-refractivity contribution is 7.15. The fourth-order valence-electron chi connectivity index (χ4n) is 2.21. The molecule has 0 aliphatic carbocycles. The van der Waals surface area contributed by atoms with Gasteiger partial charge in [0.25, 0.3) is 0 Å². The molecule has 1 aromatic heterocycles. The second kappa shape index (κ2) is 7.17. The fraction of sp³-hybridized carbons (Fsp3) is 0.529. The van der Waals surface area contributed by atoms with Crippen molar-refractivity contribution in [3.63, 3.8) is 0 Å². The second-order valence-electron chi connectivity index (χ2n) is 6.29. The van der Waals surface area contributed by atoms with Gasteiger partial charge >= 0.3 is 12.1 Å². The molecule has 1 aliphatic heterocycles. The fourth-order valence-corrected chi connectivity index (χ4v) is 3.18. The lowest BCUT2D eigenvalue weighted by molar-refractivity contribution is 0.0270. The SMILES string of the molecule is CCOC(=O)c1ccc(C2=CCN(C(=O)OC(C)(C)C)CC2)s1. The van der Waals surface area contributed by atoms with Gasteiger partial charge in [-0.3, -0.25) is 0 Å². The van der Waals surface area contributed by atoms with Crippen LogP contribution in [0.25, 0.3) is 5.57 Å². The third kappa shape index (κ3) is 4.82. The van der Waals surface area contributed by atoms with E-state index in [2.05, 4.69) is 0 Å². The van der Waals surface area contributed by atoms with Gasteiger partial charge in [-0.15, -0.1) is 11.3 Å². The summed E-state index contributed by atoms with van der Waals surface area (Å²) in [5, 5.41) is 0. The smallest absolute Gasteiger partial charge is 0.410 e. The average molecular weight is 337 g/mol. The number of carbonyl (C=O) groups is 2. The van der Waals surface area contributed by atoms with Crippen molar-refractivity contribution >= 4 is 29.0 Å². The molecule has 1 amide bonds. The average Bonchev–Trinajstić information content (AvgIpc) is 2.96. The van der Waals surface area contributed by atoms with Gasteiger partial charge in [0.15, 0.2) is 0 Å². The molecule has 0 N–H and O–H groups in total. The van der Waals surface area contributed by atoms with E-state index in [-0.39, 0.29) is 12.1 Å². The third-order valence-corrected chi connectivity index (χ3v) is 4.40. The maximum absolute atomic E-state index is 12.0. The summed E-state index contributed by atoms with van der Waals surface area (Å²) < 4.78 is 10.4. The number of carbonyl (C=O) groups excluding carboxylic acids is 2. The molecule has 0 saturated heterocycles. The predicted molar refractivity (Wildman–Crippen MR) is 90.7 cm³/mol. The summed E-state index contributed by atoms with van der Waals surface area (Å²) >= 11 is 1.43. The largest absolute Gasteiger partial charge is 0.462 e. The Morgan fingerprint density at radius 1 is 1.30 bits per heavy atom. The van der Waals surface area contributed by atoms with Crippen molar-refractivity contribution in [3.8, 4) is 0 Å². The van der Waals surface area contributed by atoms with Crippen molar-refractivity contribution in [2.45, 2.75) is 39.7 Å². The van der Waals surface area contributed by atoms with Crippen LogP contribution in [0.5, 0.6) is 0 Å². The number of nitrogens with zero attached hydrogens (tertiary/aromatic N) is 1. The lowest BCUT2D eigenvalue weighted by Crippen LogP contribution is -2.39. The predicted octanol–water partition coefficient (Wildman–Crippen LogP) is 3.95. The highest BCUT2D eigenvalue weighted by Gasteiger charge is 2.24. The molecule has 1 aromatic rings. The Bertz CT molecular complexity index is 612. The molecule has 2 rings (SSSR count). The summed E-state index contributed by atoms with van der Waals surface area (Å²) in [6.45, 7) is 8.89. The quantitative estimate of drug-likeness (QED) is 0.784. The van der Waals surface area contributed by atoms with Crippen LogP contribution in [0.1, 0.15) is 48.7 Å². The van der Waals surface area contributed by atoms with E-state index >= 15 is 0 Å². The zero-order valence-electron chi connectivity index (χ0n) is 14.0.